The highest BCUT2D eigenvalue weighted by molar-refractivity contribution is 5.43. The summed E-state index contributed by atoms with van der Waals surface area (Å²) < 4.78 is 11.9. The summed E-state index contributed by atoms with van der Waals surface area (Å²) in [5.74, 6) is 1.84. The summed E-state index contributed by atoms with van der Waals surface area (Å²) in [5, 5.41) is 12.9. The average molecular weight is 313 g/mol. The highest BCUT2D eigenvalue weighted by Gasteiger charge is 2.31. The van der Waals surface area contributed by atoms with Crippen LogP contribution in [0.15, 0.2) is 42.5 Å². The normalized spacial score (nSPS) is 20.6. The van der Waals surface area contributed by atoms with Crippen molar-refractivity contribution in [2.24, 2.45) is 0 Å². The molecule has 2 aromatic rings. The first-order valence-electron chi connectivity index (χ1n) is 8.06. The van der Waals surface area contributed by atoms with E-state index in [1.807, 2.05) is 24.3 Å². The van der Waals surface area contributed by atoms with E-state index in [-0.39, 0.29) is 11.4 Å². The summed E-state index contributed by atoms with van der Waals surface area (Å²) in [4.78, 5) is 0. The van der Waals surface area contributed by atoms with Crippen molar-refractivity contribution in [2.75, 3.05) is 13.3 Å². The van der Waals surface area contributed by atoms with Crippen molar-refractivity contribution in [1.29, 1.82) is 0 Å². The monoisotopic (exact) mass is 313 g/mol. The summed E-state index contributed by atoms with van der Waals surface area (Å²) in [6.45, 7) is 5.55. The minimum atomic E-state index is -0.319. The van der Waals surface area contributed by atoms with Gasteiger partial charge in [0.25, 0.3) is 0 Å². The van der Waals surface area contributed by atoms with Gasteiger partial charge in [-0.05, 0) is 54.8 Å². The van der Waals surface area contributed by atoms with Crippen molar-refractivity contribution in [3.8, 4) is 17.2 Å². The van der Waals surface area contributed by atoms with Crippen LogP contribution in [-0.2, 0) is 16.8 Å². The predicted octanol–water partition coefficient (Wildman–Crippen LogP) is 3.93. The number of phenolic OH excluding ortho intramolecular Hbond substituents is 1. The van der Waals surface area contributed by atoms with E-state index in [0.717, 1.165) is 42.0 Å². The summed E-state index contributed by atoms with van der Waals surface area (Å²) in [6.07, 6.45) is 1.87. The predicted molar refractivity (Wildman–Crippen MR) is 89.9 cm³/mol. The smallest absolute Gasteiger partial charge is 0.130 e. The number of benzene rings is 2. The Balaban J connectivity index is 1.86. The van der Waals surface area contributed by atoms with Crippen molar-refractivity contribution < 1.29 is 14.6 Å². The van der Waals surface area contributed by atoms with Crippen LogP contribution < -0.4 is 10.1 Å². The SMILES string of the molecule is CCCc1cc(O)ccc1Oc1cccc([C@]2(C)CNCO2)c1. The largest absolute Gasteiger partial charge is 0.508 e. The first-order chi connectivity index (χ1) is 11.1. The molecular formula is C19H23NO3. The van der Waals surface area contributed by atoms with Gasteiger partial charge in [0, 0.05) is 6.54 Å². The van der Waals surface area contributed by atoms with Crippen LogP contribution in [0.1, 0.15) is 31.4 Å². The van der Waals surface area contributed by atoms with Crippen LogP contribution >= 0.6 is 0 Å². The Morgan fingerprint density at radius 2 is 2.13 bits per heavy atom. The molecule has 0 bridgehead atoms. The molecule has 1 aliphatic heterocycles. The van der Waals surface area contributed by atoms with E-state index in [1.54, 1.807) is 12.1 Å². The van der Waals surface area contributed by atoms with Crippen LogP contribution in [0.3, 0.4) is 0 Å². The number of aromatic hydroxyl groups is 1. The van der Waals surface area contributed by atoms with E-state index in [0.29, 0.717) is 6.73 Å². The molecule has 0 spiro atoms. The van der Waals surface area contributed by atoms with Crippen molar-refractivity contribution in [2.45, 2.75) is 32.3 Å². The minimum Gasteiger partial charge on any atom is -0.508 e. The van der Waals surface area contributed by atoms with Crippen LogP contribution in [0.2, 0.25) is 0 Å². The van der Waals surface area contributed by atoms with Crippen molar-refractivity contribution in [1.82, 2.24) is 5.32 Å². The molecule has 0 radical (unpaired) electrons. The van der Waals surface area contributed by atoms with Crippen molar-refractivity contribution in [3.05, 3.63) is 53.6 Å². The van der Waals surface area contributed by atoms with Gasteiger partial charge in [0.05, 0.1) is 6.73 Å². The fraction of sp³-hybridized carbons (Fsp3) is 0.368. The molecule has 1 saturated heterocycles. The first-order valence-corrected chi connectivity index (χ1v) is 8.06. The van der Waals surface area contributed by atoms with E-state index >= 15 is 0 Å². The van der Waals surface area contributed by atoms with Gasteiger partial charge in [-0.1, -0.05) is 25.5 Å². The summed E-state index contributed by atoms with van der Waals surface area (Å²) in [7, 11) is 0. The second kappa shape index (κ2) is 6.60. The van der Waals surface area contributed by atoms with Gasteiger partial charge < -0.3 is 14.6 Å². The standard InChI is InChI=1S/C19H23NO3/c1-3-5-14-10-16(21)8-9-18(14)23-17-7-4-6-15(11-17)19(2)12-20-13-22-19/h4,6-11,20-21H,3,5,12-13H2,1-2H3/t19-/m0/s1. The average Bonchev–Trinajstić information content (AvgIpc) is 2.99. The molecule has 3 rings (SSSR count). The fourth-order valence-corrected chi connectivity index (χ4v) is 2.88. The van der Waals surface area contributed by atoms with E-state index in [1.165, 1.54) is 0 Å². The molecular weight excluding hydrogens is 290 g/mol. The molecule has 1 aliphatic rings. The topological polar surface area (TPSA) is 50.7 Å². The molecule has 0 unspecified atom stereocenters. The zero-order valence-corrected chi connectivity index (χ0v) is 13.6. The maximum absolute atomic E-state index is 9.67. The third kappa shape index (κ3) is 3.49. The molecule has 0 aliphatic carbocycles. The molecule has 2 aromatic carbocycles. The lowest BCUT2D eigenvalue weighted by Crippen LogP contribution is -2.26. The number of hydrogen-bond acceptors (Lipinski definition) is 4. The zero-order chi connectivity index (χ0) is 16.3. The third-order valence-electron chi connectivity index (χ3n) is 4.19. The number of rotatable bonds is 5. The molecule has 0 amide bonds. The third-order valence-corrected chi connectivity index (χ3v) is 4.19. The number of nitrogens with one attached hydrogen (secondary N) is 1. The van der Waals surface area contributed by atoms with E-state index in [4.69, 9.17) is 9.47 Å². The Kier molecular flexibility index (Phi) is 4.55. The van der Waals surface area contributed by atoms with Gasteiger partial charge in [-0.3, -0.25) is 5.32 Å². The minimum absolute atomic E-state index is 0.271. The molecule has 4 nitrogen and oxygen atoms in total. The maximum Gasteiger partial charge on any atom is 0.130 e. The molecule has 1 atom stereocenters. The summed E-state index contributed by atoms with van der Waals surface area (Å²) >= 11 is 0. The molecule has 1 fully saturated rings. The Hall–Kier alpha value is -2.04. The molecule has 0 aromatic heterocycles. The fourth-order valence-electron chi connectivity index (χ4n) is 2.88. The molecule has 2 N–H and O–H groups in total. The van der Waals surface area contributed by atoms with Crippen LogP contribution in [0.5, 0.6) is 17.2 Å². The highest BCUT2D eigenvalue weighted by Crippen LogP contribution is 2.33. The molecule has 122 valence electrons. The Morgan fingerprint density at radius 1 is 1.26 bits per heavy atom. The van der Waals surface area contributed by atoms with Crippen LogP contribution in [-0.4, -0.2) is 18.4 Å². The van der Waals surface area contributed by atoms with Gasteiger partial charge in [-0.25, -0.2) is 0 Å². The van der Waals surface area contributed by atoms with Gasteiger partial charge in [0.1, 0.15) is 22.8 Å². The Bertz CT molecular complexity index is 678. The molecule has 1 heterocycles. The van der Waals surface area contributed by atoms with Gasteiger partial charge in [0.2, 0.25) is 0 Å². The first kappa shape index (κ1) is 15.8. The number of aryl methyl sites for hydroxylation is 1. The van der Waals surface area contributed by atoms with Crippen LogP contribution in [0, 0.1) is 0 Å². The second-order valence-corrected chi connectivity index (χ2v) is 6.12. The quantitative estimate of drug-likeness (QED) is 0.878. The lowest BCUT2D eigenvalue weighted by molar-refractivity contribution is 0.0233. The van der Waals surface area contributed by atoms with Gasteiger partial charge in [0.15, 0.2) is 0 Å². The molecule has 23 heavy (non-hydrogen) atoms. The summed E-state index contributed by atoms with van der Waals surface area (Å²) in [6, 6.07) is 13.3. The van der Waals surface area contributed by atoms with Gasteiger partial charge >= 0.3 is 0 Å². The number of hydrogen-bond donors (Lipinski definition) is 2. The van der Waals surface area contributed by atoms with E-state index in [9.17, 15) is 5.11 Å². The lowest BCUT2D eigenvalue weighted by atomic mass is 9.96. The van der Waals surface area contributed by atoms with Crippen molar-refractivity contribution in [3.63, 3.8) is 0 Å². The van der Waals surface area contributed by atoms with E-state index < -0.39 is 0 Å². The highest BCUT2D eigenvalue weighted by atomic mass is 16.5. The lowest BCUT2D eigenvalue weighted by Gasteiger charge is -2.23. The van der Waals surface area contributed by atoms with E-state index in [2.05, 4.69) is 25.2 Å². The Labute approximate surface area is 137 Å². The molecule has 0 saturated carbocycles. The van der Waals surface area contributed by atoms with Crippen LogP contribution in [0.25, 0.3) is 0 Å². The zero-order valence-electron chi connectivity index (χ0n) is 13.6. The maximum atomic E-state index is 9.67. The van der Waals surface area contributed by atoms with Gasteiger partial charge in [-0.2, -0.15) is 0 Å². The summed E-state index contributed by atoms with van der Waals surface area (Å²) in [5.41, 5.74) is 1.79. The number of ether oxygens (including phenoxy) is 2. The Morgan fingerprint density at radius 3 is 2.87 bits per heavy atom. The molecule has 4 heteroatoms. The van der Waals surface area contributed by atoms with Gasteiger partial charge in [-0.15, -0.1) is 0 Å². The number of phenols is 1. The second-order valence-electron chi connectivity index (χ2n) is 6.12. The van der Waals surface area contributed by atoms with Crippen molar-refractivity contribution >= 4 is 0 Å². The van der Waals surface area contributed by atoms with Crippen LogP contribution in [0.4, 0.5) is 0 Å².